The van der Waals surface area contributed by atoms with Gasteiger partial charge in [-0.1, -0.05) is 6.08 Å². The summed E-state index contributed by atoms with van der Waals surface area (Å²) >= 11 is 6.41. The van der Waals surface area contributed by atoms with E-state index in [9.17, 15) is 9.90 Å². The lowest BCUT2D eigenvalue weighted by Crippen LogP contribution is -2.62. The normalized spacial score (nSPS) is 38.9. The summed E-state index contributed by atoms with van der Waals surface area (Å²) in [5.74, 6) is -1.71. The quantitative estimate of drug-likeness (QED) is 0.521. The average Bonchev–Trinajstić information content (AvgIpc) is 2.92. The largest absolute Gasteiger partial charge is 0.550 e. The van der Waals surface area contributed by atoms with Crippen molar-refractivity contribution in [2.75, 3.05) is 6.54 Å². The summed E-state index contributed by atoms with van der Waals surface area (Å²) in [7, 11) is 0. The second-order valence-electron chi connectivity index (χ2n) is 5.55. The summed E-state index contributed by atoms with van der Waals surface area (Å²) < 4.78 is 0.244. The van der Waals surface area contributed by atoms with Crippen LogP contribution >= 0.6 is 11.6 Å². The Hall–Kier alpha value is -2.05. The number of carboxylic acids is 1. The molecule has 0 fully saturated rings. The number of nitrogens with zero attached hydrogens (tertiary/aromatic N) is 2. The summed E-state index contributed by atoms with van der Waals surface area (Å²) in [4.78, 5) is 15.6. The van der Waals surface area contributed by atoms with Gasteiger partial charge in [0.15, 0.2) is 6.34 Å². The van der Waals surface area contributed by atoms with Gasteiger partial charge < -0.3 is 20.5 Å². The summed E-state index contributed by atoms with van der Waals surface area (Å²) in [6, 6.07) is 0. The fraction of sp³-hybridized carbons (Fsp3) is 0.286. The molecule has 0 amide bonds. The van der Waals surface area contributed by atoms with Crippen molar-refractivity contribution in [3.63, 3.8) is 0 Å². The molecule has 0 aromatic rings. The number of hydrogen-bond acceptors (Lipinski definition) is 5. The minimum atomic E-state index is -1.07. The molecule has 4 rings (SSSR count). The van der Waals surface area contributed by atoms with Crippen LogP contribution in [-0.2, 0) is 4.79 Å². The third kappa shape index (κ3) is 1.41. The molecule has 3 heterocycles. The average molecular weight is 305 g/mol. The van der Waals surface area contributed by atoms with Crippen molar-refractivity contribution >= 4 is 23.9 Å². The Morgan fingerprint density at radius 1 is 1.57 bits per heavy atom. The van der Waals surface area contributed by atoms with Crippen LogP contribution in [0.3, 0.4) is 0 Å². The predicted octanol–water partition coefficient (Wildman–Crippen LogP) is -0.163. The van der Waals surface area contributed by atoms with E-state index in [1.807, 2.05) is 12.4 Å². The number of carbonyl (C=O) groups is 1. The van der Waals surface area contributed by atoms with Gasteiger partial charge in [-0.05, 0) is 24.1 Å². The molecular formula is C14H13ClN4O2. The summed E-state index contributed by atoms with van der Waals surface area (Å²) in [5, 5.41) is 18.4. The predicted molar refractivity (Wildman–Crippen MR) is 75.0 cm³/mol. The first kappa shape index (κ1) is 12.7. The van der Waals surface area contributed by atoms with Gasteiger partial charge in [0.25, 0.3) is 0 Å². The maximum Gasteiger partial charge on any atom is 0.232 e. The van der Waals surface area contributed by atoms with Gasteiger partial charge in [0, 0.05) is 23.2 Å². The molecule has 0 spiro atoms. The number of quaternary nitrogens is 1. The van der Waals surface area contributed by atoms with Crippen LogP contribution in [0.15, 0.2) is 52.2 Å². The molecule has 21 heavy (non-hydrogen) atoms. The number of halogens is 1. The molecule has 3 unspecified atom stereocenters. The van der Waals surface area contributed by atoms with E-state index in [4.69, 9.17) is 11.6 Å². The van der Waals surface area contributed by atoms with Crippen molar-refractivity contribution < 1.29 is 14.4 Å². The highest BCUT2D eigenvalue weighted by Gasteiger charge is 2.62. The third-order valence-corrected chi connectivity index (χ3v) is 4.98. The Bertz CT molecular complexity index is 693. The fourth-order valence-corrected chi connectivity index (χ4v) is 3.78. The van der Waals surface area contributed by atoms with Crippen LogP contribution < -0.4 is 15.7 Å². The number of allylic oxidation sites excluding steroid dienone is 1. The van der Waals surface area contributed by atoms with E-state index in [2.05, 4.69) is 15.6 Å². The standard InChI is InChI=1S/C14H13ClN4O2/c15-12-6-18-14-7-16-8-19(12,14)4-3-17-11-2-1-9(13(20)21)5-10(11)14/h1-4,6,8-9,17-18H,5,7H2. The lowest BCUT2D eigenvalue weighted by molar-refractivity contribution is -0.775. The number of rotatable bonds is 1. The van der Waals surface area contributed by atoms with E-state index in [-0.39, 0.29) is 4.48 Å². The highest BCUT2D eigenvalue weighted by molar-refractivity contribution is 6.28. The van der Waals surface area contributed by atoms with Gasteiger partial charge in [0.2, 0.25) is 10.8 Å². The van der Waals surface area contributed by atoms with Crippen molar-refractivity contribution in [3.8, 4) is 0 Å². The molecule has 3 atom stereocenters. The maximum atomic E-state index is 11.2. The van der Waals surface area contributed by atoms with E-state index in [0.717, 1.165) is 11.3 Å². The van der Waals surface area contributed by atoms with Crippen LogP contribution in [0.5, 0.6) is 0 Å². The second-order valence-corrected chi connectivity index (χ2v) is 5.93. The van der Waals surface area contributed by atoms with Gasteiger partial charge in [0.1, 0.15) is 12.7 Å². The molecule has 0 aromatic carbocycles. The van der Waals surface area contributed by atoms with E-state index in [1.165, 1.54) is 0 Å². The summed E-state index contributed by atoms with van der Waals surface area (Å²) in [6.07, 6.45) is 11.1. The molecule has 0 aromatic heterocycles. The zero-order valence-corrected chi connectivity index (χ0v) is 11.8. The van der Waals surface area contributed by atoms with Crippen LogP contribution in [0, 0.1) is 5.92 Å². The van der Waals surface area contributed by atoms with Gasteiger partial charge >= 0.3 is 0 Å². The SMILES string of the molecule is O=C([O-])C1C=CC2=C(C1)C13CN=C[N+]1(C=CN2)C(Cl)=CN3. The molecule has 0 saturated heterocycles. The number of aliphatic imine (C=N–C) groups is 1. The zero-order valence-electron chi connectivity index (χ0n) is 11.0. The Labute approximate surface area is 126 Å². The molecule has 2 N–H and O–H groups in total. The minimum Gasteiger partial charge on any atom is -0.550 e. The minimum absolute atomic E-state index is 0.244. The van der Waals surface area contributed by atoms with Crippen LogP contribution in [0.25, 0.3) is 0 Å². The van der Waals surface area contributed by atoms with Crippen molar-refractivity contribution in [3.05, 3.63) is 47.2 Å². The zero-order chi connectivity index (χ0) is 14.7. The van der Waals surface area contributed by atoms with Gasteiger partial charge in [-0.15, -0.1) is 0 Å². The number of hydrogen-bond donors (Lipinski definition) is 2. The molecule has 7 heteroatoms. The van der Waals surface area contributed by atoms with Crippen LogP contribution in [0.2, 0.25) is 0 Å². The summed E-state index contributed by atoms with van der Waals surface area (Å²) in [5.41, 5.74) is 1.26. The van der Waals surface area contributed by atoms with Crippen LogP contribution in [-0.4, -0.2) is 29.0 Å². The molecule has 108 valence electrons. The van der Waals surface area contributed by atoms with E-state index in [1.54, 1.807) is 24.7 Å². The number of nitrogens with one attached hydrogen (secondary N) is 2. The monoisotopic (exact) mass is 304 g/mol. The number of aliphatic carboxylic acids is 1. The Morgan fingerprint density at radius 2 is 2.43 bits per heavy atom. The summed E-state index contributed by atoms with van der Waals surface area (Å²) in [6.45, 7) is 0.498. The number of carbonyl (C=O) groups excluding carboxylic acids is 1. The smallest absolute Gasteiger partial charge is 0.232 e. The molecule has 6 nitrogen and oxygen atoms in total. The van der Waals surface area contributed by atoms with Crippen LogP contribution in [0.4, 0.5) is 0 Å². The van der Waals surface area contributed by atoms with Crippen molar-refractivity contribution in [1.82, 2.24) is 10.6 Å². The van der Waals surface area contributed by atoms with Crippen molar-refractivity contribution in [2.24, 2.45) is 10.9 Å². The molecular weight excluding hydrogens is 292 g/mol. The lowest BCUT2D eigenvalue weighted by Gasteiger charge is -2.40. The Morgan fingerprint density at radius 3 is 3.24 bits per heavy atom. The molecule has 0 bridgehead atoms. The molecule has 1 aliphatic carbocycles. The third-order valence-electron chi connectivity index (χ3n) is 4.59. The first-order valence-electron chi connectivity index (χ1n) is 6.69. The van der Waals surface area contributed by atoms with Gasteiger partial charge in [0.05, 0.1) is 12.4 Å². The lowest BCUT2D eigenvalue weighted by atomic mass is 9.83. The fourth-order valence-electron chi connectivity index (χ4n) is 3.48. The molecule has 3 aliphatic heterocycles. The van der Waals surface area contributed by atoms with Gasteiger partial charge in [-0.25, -0.2) is 4.99 Å². The molecule has 4 aliphatic rings. The van der Waals surface area contributed by atoms with Gasteiger partial charge in [-0.3, -0.25) is 0 Å². The first-order chi connectivity index (χ1) is 10.1. The number of carboxylic acid groups (broad SMARTS) is 1. The van der Waals surface area contributed by atoms with Crippen molar-refractivity contribution in [1.29, 1.82) is 0 Å². The van der Waals surface area contributed by atoms with E-state index in [0.29, 0.717) is 18.1 Å². The van der Waals surface area contributed by atoms with Gasteiger partial charge in [-0.2, -0.15) is 4.48 Å². The maximum absolute atomic E-state index is 11.2. The molecule has 0 radical (unpaired) electrons. The highest BCUT2D eigenvalue weighted by atomic mass is 35.5. The van der Waals surface area contributed by atoms with Crippen molar-refractivity contribution in [2.45, 2.75) is 12.1 Å². The molecule has 0 saturated carbocycles. The van der Waals surface area contributed by atoms with E-state index < -0.39 is 17.6 Å². The topological polar surface area (TPSA) is 76.5 Å². The second kappa shape index (κ2) is 3.99. The van der Waals surface area contributed by atoms with Crippen LogP contribution in [0.1, 0.15) is 6.42 Å². The van der Waals surface area contributed by atoms with E-state index >= 15 is 0 Å². The highest BCUT2D eigenvalue weighted by Crippen LogP contribution is 2.48. The first-order valence-corrected chi connectivity index (χ1v) is 7.07. The Kier molecular flexibility index (Phi) is 2.41. The Balaban J connectivity index is 1.88.